The summed E-state index contributed by atoms with van der Waals surface area (Å²) in [7, 11) is 0. The van der Waals surface area contributed by atoms with Crippen molar-refractivity contribution in [3.05, 3.63) is 32.6 Å². The minimum Gasteiger partial charge on any atom is -0.466 e. The van der Waals surface area contributed by atoms with Crippen LogP contribution in [0.4, 0.5) is 0 Å². The first-order chi connectivity index (χ1) is 12.3. The third kappa shape index (κ3) is 6.54. The Balaban J connectivity index is 2.79. The summed E-state index contributed by atoms with van der Waals surface area (Å²) < 4.78 is 10.7. The molecular formula is C16H23N3O7. The third-order valence-corrected chi connectivity index (χ3v) is 3.35. The molecule has 0 radical (unpaired) electrons. The zero-order valence-corrected chi connectivity index (χ0v) is 15.0. The Morgan fingerprint density at radius 3 is 2.46 bits per heavy atom. The van der Waals surface area contributed by atoms with Gasteiger partial charge in [-0.3, -0.25) is 23.9 Å². The molecule has 1 heterocycles. The zero-order valence-electron chi connectivity index (χ0n) is 15.0. The number of carbonyl (C=O) groups excluding carboxylic acids is 3. The van der Waals surface area contributed by atoms with Gasteiger partial charge in [-0.1, -0.05) is 0 Å². The predicted molar refractivity (Wildman–Crippen MR) is 90.5 cm³/mol. The number of carbonyl (C=O) groups is 3. The van der Waals surface area contributed by atoms with Gasteiger partial charge in [0, 0.05) is 18.2 Å². The Morgan fingerprint density at radius 1 is 1.19 bits per heavy atom. The lowest BCUT2D eigenvalue weighted by atomic mass is 10.1. The monoisotopic (exact) mass is 369 g/mol. The molecule has 10 nitrogen and oxygen atoms in total. The van der Waals surface area contributed by atoms with Gasteiger partial charge in [-0.15, -0.1) is 0 Å². The summed E-state index contributed by atoms with van der Waals surface area (Å²) in [6, 6.07) is -1.05. The van der Waals surface area contributed by atoms with Crippen molar-refractivity contribution in [2.24, 2.45) is 0 Å². The molecule has 0 saturated carbocycles. The zero-order chi connectivity index (χ0) is 19.7. The average Bonchev–Trinajstić information content (AvgIpc) is 2.56. The summed E-state index contributed by atoms with van der Waals surface area (Å²) >= 11 is 0. The van der Waals surface area contributed by atoms with Crippen LogP contribution in [0.15, 0.2) is 15.8 Å². The molecule has 0 fully saturated rings. The van der Waals surface area contributed by atoms with Crippen molar-refractivity contribution in [2.75, 3.05) is 13.2 Å². The van der Waals surface area contributed by atoms with Crippen molar-refractivity contribution in [2.45, 2.75) is 46.2 Å². The van der Waals surface area contributed by atoms with Gasteiger partial charge >= 0.3 is 17.6 Å². The van der Waals surface area contributed by atoms with E-state index in [1.807, 2.05) is 0 Å². The first kappa shape index (κ1) is 21.1. The molecule has 0 aliphatic heterocycles. The van der Waals surface area contributed by atoms with Gasteiger partial charge in [0.25, 0.3) is 5.56 Å². The van der Waals surface area contributed by atoms with Crippen molar-refractivity contribution in [3.63, 3.8) is 0 Å². The van der Waals surface area contributed by atoms with E-state index in [0.717, 1.165) is 4.57 Å². The topological polar surface area (TPSA) is 137 Å². The number of rotatable bonds is 9. The van der Waals surface area contributed by atoms with Crippen molar-refractivity contribution < 1.29 is 23.9 Å². The van der Waals surface area contributed by atoms with Gasteiger partial charge in [-0.25, -0.2) is 9.59 Å². The Labute approximate surface area is 149 Å². The Hall–Kier alpha value is -2.91. The van der Waals surface area contributed by atoms with Crippen molar-refractivity contribution in [1.82, 2.24) is 14.9 Å². The summed E-state index contributed by atoms with van der Waals surface area (Å²) in [5.41, 5.74) is -1.01. The van der Waals surface area contributed by atoms with Gasteiger partial charge in [0.2, 0.25) is 5.91 Å². The van der Waals surface area contributed by atoms with Gasteiger partial charge < -0.3 is 14.8 Å². The van der Waals surface area contributed by atoms with E-state index < -0.39 is 41.7 Å². The van der Waals surface area contributed by atoms with Crippen molar-refractivity contribution in [3.8, 4) is 0 Å². The van der Waals surface area contributed by atoms with Crippen LogP contribution in [0.2, 0.25) is 0 Å². The van der Waals surface area contributed by atoms with Crippen LogP contribution in [0.25, 0.3) is 0 Å². The first-order valence-corrected chi connectivity index (χ1v) is 8.20. The molecule has 10 heteroatoms. The lowest BCUT2D eigenvalue weighted by Crippen LogP contribution is -2.45. The molecule has 0 spiro atoms. The van der Waals surface area contributed by atoms with Gasteiger partial charge in [0.1, 0.15) is 12.6 Å². The van der Waals surface area contributed by atoms with Crippen LogP contribution >= 0.6 is 0 Å². The fourth-order valence-corrected chi connectivity index (χ4v) is 2.12. The maximum atomic E-state index is 12.2. The number of ether oxygens (including phenoxy) is 2. The normalized spacial score (nSPS) is 11.5. The van der Waals surface area contributed by atoms with Crippen LogP contribution in [0.3, 0.4) is 0 Å². The standard InChI is InChI=1S/C16H23N3O7/c1-4-25-13(21)7-6-11(15(23)26-5-2)17-12(20)9-19-8-10(3)14(22)18-16(19)24/h8,11H,4-7,9H2,1-3H3,(H,17,20)(H,18,22,24)/t11-/m0/s1. The van der Waals surface area contributed by atoms with Crippen molar-refractivity contribution in [1.29, 1.82) is 0 Å². The summed E-state index contributed by atoms with van der Waals surface area (Å²) in [6.07, 6.45) is 1.18. The van der Waals surface area contributed by atoms with Crippen LogP contribution < -0.4 is 16.6 Å². The molecule has 0 aliphatic rings. The molecule has 2 N–H and O–H groups in total. The predicted octanol–water partition coefficient (Wildman–Crippen LogP) is -0.764. The maximum Gasteiger partial charge on any atom is 0.328 e. The van der Waals surface area contributed by atoms with Gasteiger partial charge in [-0.2, -0.15) is 0 Å². The summed E-state index contributed by atoms with van der Waals surface area (Å²) in [5.74, 6) is -1.82. The van der Waals surface area contributed by atoms with E-state index in [2.05, 4.69) is 10.3 Å². The quantitative estimate of drug-likeness (QED) is 0.546. The van der Waals surface area contributed by atoms with Gasteiger partial charge in [0.15, 0.2) is 0 Å². The molecule has 0 aromatic carbocycles. The number of hydrogen-bond donors (Lipinski definition) is 2. The molecule has 1 rings (SSSR count). The molecule has 0 unspecified atom stereocenters. The molecule has 0 saturated heterocycles. The fraction of sp³-hybridized carbons (Fsp3) is 0.562. The fourth-order valence-electron chi connectivity index (χ4n) is 2.12. The molecule has 26 heavy (non-hydrogen) atoms. The number of amides is 1. The van der Waals surface area contributed by atoms with Crippen LogP contribution in [0.1, 0.15) is 32.3 Å². The lowest BCUT2D eigenvalue weighted by molar-refractivity contribution is -0.148. The second kappa shape index (κ2) is 10.2. The van der Waals surface area contributed by atoms with Crippen LogP contribution in [0.5, 0.6) is 0 Å². The number of nitrogens with zero attached hydrogens (tertiary/aromatic N) is 1. The molecule has 0 bridgehead atoms. The van der Waals surface area contributed by atoms with Crippen LogP contribution in [-0.4, -0.2) is 46.7 Å². The second-order valence-electron chi connectivity index (χ2n) is 5.42. The van der Waals surface area contributed by atoms with E-state index in [4.69, 9.17) is 9.47 Å². The highest BCUT2D eigenvalue weighted by atomic mass is 16.5. The lowest BCUT2D eigenvalue weighted by Gasteiger charge is -2.17. The minimum atomic E-state index is -1.05. The molecule has 1 aromatic heterocycles. The van der Waals surface area contributed by atoms with Crippen molar-refractivity contribution >= 4 is 17.8 Å². The SMILES string of the molecule is CCOC(=O)CC[C@H](NC(=O)Cn1cc(C)c(=O)[nH]c1=O)C(=O)OCC. The van der Waals surface area contributed by atoms with Gasteiger partial charge in [-0.05, 0) is 27.2 Å². The number of H-pyrrole nitrogens is 1. The molecule has 1 amide bonds. The summed E-state index contributed by atoms with van der Waals surface area (Å²) in [5, 5.41) is 2.44. The largest absolute Gasteiger partial charge is 0.466 e. The molecule has 0 aliphatic carbocycles. The van der Waals surface area contributed by atoms with E-state index in [1.165, 1.54) is 13.1 Å². The van der Waals surface area contributed by atoms with E-state index in [1.54, 1.807) is 13.8 Å². The summed E-state index contributed by atoms with van der Waals surface area (Å²) in [4.78, 5) is 60.7. The first-order valence-electron chi connectivity index (χ1n) is 8.20. The smallest absolute Gasteiger partial charge is 0.328 e. The van der Waals surface area contributed by atoms with E-state index >= 15 is 0 Å². The average molecular weight is 369 g/mol. The number of nitrogens with one attached hydrogen (secondary N) is 2. The molecule has 1 aromatic rings. The highest BCUT2D eigenvalue weighted by Gasteiger charge is 2.23. The van der Waals surface area contributed by atoms with E-state index in [-0.39, 0.29) is 31.6 Å². The summed E-state index contributed by atoms with van der Waals surface area (Å²) in [6.45, 7) is 4.70. The number of hydrogen-bond acceptors (Lipinski definition) is 7. The number of aromatic nitrogens is 2. The van der Waals surface area contributed by atoms with E-state index in [9.17, 15) is 24.0 Å². The van der Waals surface area contributed by atoms with Crippen LogP contribution in [0, 0.1) is 6.92 Å². The highest BCUT2D eigenvalue weighted by Crippen LogP contribution is 2.03. The molecular weight excluding hydrogens is 346 g/mol. The Kier molecular flexibility index (Phi) is 8.26. The second-order valence-corrected chi connectivity index (χ2v) is 5.42. The van der Waals surface area contributed by atoms with E-state index in [0.29, 0.717) is 0 Å². The maximum absolute atomic E-state index is 12.2. The number of aryl methyl sites for hydroxylation is 1. The number of aromatic amines is 1. The molecule has 144 valence electrons. The third-order valence-electron chi connectivity index (χ3n) is 3.35. The molecule has 1 atom stereocenters. The Bertz CT molecular complexity index is 766. The van der Waals surface area contributed by atoms with Crippen LogP contribution in [-0.2, 0) is 30.4 Å². The Morgan fingerprint density at radius 2 is 1.85 bits per heavy atom. The highest BCUT2D eigenvalue weighted by molar-refractivity contribution is 5.84. The number of esters is 2. The van der Waals surface area contributed by atoms with Gasteiger partial charge in [0.05, 0.1) is 13.2 Å². The minimum absolute atomic E-state index is 0.00293.